The summed E-state index contributed by atoms with van der Waals surface area (Å²) in [7, 11) is 2.11. The molecular formula is C14H25N3. The summed E-state index contributed by atoms with van der Waals surface area (Å²) in [6.45, 7) is 7.64. The van der Waals surface area contributed by atoms with Crippen molar-refractivity contribution >= 4 is 5.69 Å². The van der Waals surface area contributed by atoms with Gasteiger partial charge in [-0.05, 0) is 30.9 Å². The standard InChI is InChI=1S/C14H25N3/c1-5-13(15)14-7-6-12(10-16-14)17(4)9-8-11(2)3/h6-7,10-11,13H,5,8-9,15H2,1-4H3/t13-/m1/s1. The molecule has 96 valence electrons. The highest BCUT2D eigenvalue weighted by atomic mass is 15.1. The lowest BCUT2D eigenvalue weighted by atomic mass is 10.1. The van der Waals surface area contributed by atoms with Crippen LogP contribution in [0.1, 0.15) is 45.3 Å². The lowest BCUT2D eigenvalue weighted by Crippen LogP contribution is -2.20. The Kier molecular flexibility index (Phi) is 5.42. The van der Waals surface area contributed by atoms with Crippen LogP contribution in [0.3, 0.4) is 0 Å². The van der Waals surface area contributed by atoms with E-state index >= 15 is 0 Å². The Labute approximate surface area is 105 Å². The highest BCUT2D eigenvalue weighted by Gasteiger charge is 2.06. The molecule has 0 aliphatic rings. The molecule has 2 N–H and O–H groups in total. The van der Waals surface area contributed by atoms with E-state index < -0.39 is 0 Å². The van der Waals surface area contributed by atoms with Crippen molar-refractivity contribution in [1.82, 2.24) is 4.98 Å². The van der Waals surface area contributed by atoms with Gasteiger partial charge in [0, 0.05) is 19.6 Å². The van der Waals surface area contributed by atoms with Gasteiger partial charge in [-0.15, -0.1) is 0 Å². The molecule has 0 spiro atoms. The van der Waals surface area contributed by atoms with E-state index in [1.54, 1.807) is 0 Å². The van der Waals surface area contributed by atoms with Crippen LogP contribution in [0.2, 0.25) is 0 Å². The molecule has 0 fully saturated rings. The Morgan fingerprint density at radius 2 is 2.06 bits per heavy atom. The van der Waals surface area contributed by atoms with Crippen LogP contribution in [-0.2, 0) is 0 Å². The molecule has 0 aliphatic carbocycles. The molecule has 0 unspecified atom stereocenters. The Hall–Kier alpha value is -1.09. The van der Waals surface area contributed by atoms with Crippen molar-refractivity contribution in [3.63, 3.8) is 0 Å². The van der Waals surface area contributed by atoms with Gasteiger partial charge in [0.25, 0.3) is 0 Å². The fourth-order valence-corrected chi connectivity index (χ4v) is 1.63. The normalized spacial score (nSPS) is 12.8. The lowest BCUT2D eigenvalue weighted by molar-refractivity contribution is 0.585. The molecule has 0 amide bonds. The smallest absolute Gasteiger partial charge is 0.0572 e. The maximum absolute atomic E-state index is 5.94. The third kappa shape index (κ3) is 4.35. The predicted molar refractivity (Wildman–Crippen MR) is 74.2 cm³/mol. The molecule has 0 bridgehead atoms. The third-order valence-corrected chi connectivity index (χ3v) is 3.07. The number of nitrogens with zero attached hydrogens (tertiary/aromatic N) is 2. The van der Waals surface area contributed by atoms with Gasteiger partial charge in [-0.2, -0.15) is 0 Å². The molecule has 0 saturated carbocycles. The molecule has 0 radical (unpaired) electrons. The average molecular weight is 235 g/mol. The predicted octanol–water partition coefficient (Wildman–Crippen LogP) is 2.97. The monoisotopic (exact) mass is 235 g/mol. The van der Waals surface area contributed by atoms with Crippen LogP contribution >= 0.6 is 0 Å². The Balaban J connectivity index is 2.60. The molecule has 1 aromatic heterocycles. The summed E-state index contributed by atoms with van der Waals surface area (Å²) in [6.07, 6.45) is 4.05. The number of hydrogen-bond donors (Lipinski definition) is 1. The van der Waals surface area contributed by atoms with E-state index in [1.807, 2.05) is 12.3 Å². The van der Waals surface area contributed by atoms with Crippen molar-refractivity contribution in [3.05, 3.63) is 24.0 Å². The number of anilines is 1. The topological polar surface area (TPSA) is 42.1 Å². The first-order valence-corrected chi connectivity index (χ1v) is 6.47. The van der Waals surface area contributed by atoms with Gasteiger partial charge in [-0.3, -0.25) is 4.98 Å². The zero-order valence-electron chi connectivity index (χ0n) is 11.5. The van der Waals surface area contributed by atoms with Crippen LogP contribution in [0.25, 0.3) is 0 Å². The van der Waals surface area contributed by atoms with Crippen LogP contribution in [-0.4, -0.2) is 18.6 Å². The van der Waals surface area contributed by atoms with Crippen LogP contribution in [0.15, 0.2) is 18.3 Å². The van der Waals surface area contributed by atoms with Gasteiger partial charge in [0.2, 0.25) is 0 Å². The Morgan fingerprint density at radius 3 is 2.53 bits per heavy atom. The minimum absolute atomic E-state index is 0.0602. The van der Waals surface area contributed by atoms with E-state index in [0.29, 0.717) is 0 Å². The van der Waals surface area contributed by atoms with E-state index in [4.69, 9.17) is 5.73 Å². The van der Waals surface area contributed by atoms with E-state index in [2.05, 4.69) is 43.8 Å². The molecule has 1 aromatic rings. The highest BCUT2D eigenvalue weighted by Crippen LogP contribution is 2.16. The van der Waals surface area contributed by atoms with Gasteiger partial charge in [-0.1, -0.05) is 20.8 Å². The van der Waals surface area contributed by atoms with Gasteiger partial charge in [0.15, 0.2) is 0 Å². The molecule has 0 aliphatic heterocycles. The first-order valence-electron chi connectivity index (χ1n) is 6.47. The van der Waals surface area contributed by atoms with E-state index in [1.165, 1.54) is 6.42 Å². The lowest BCUT2D eigenvalue weighted by Gasteiger charge is -2.20. The molecule has 17 heavy (non-hydrogen) atoms. The quantitative estimate of drug-likeness (QED) is 0.824. The fraction of sp³-hybridized carbons (Fsp3) is 0.643. The Morgan fingerprint density at radius 1 is 1.35 bits per heavy atom. The number of hydrogen-bond acceptors (Lipinski definition) is 3. The minimum Gasteiger partial charge on any atom is -0.373 e. The van der Waals surface area contributed by atoms with Crippen molar-refractivity contribution in [1.29, 1.82) is 0 Å². The molecule has 0 saturated heterocycles. The molecule has 1 atom stereocenters. The molecule has 1 rings (SSSR count). The summed E-state index contributed by atoms with van der Waals surface area (Å²) < 4.78 is 0. The molecule has 3 heteroatoms. The first kappa shape index (κ1) is 14.0. The maximum Gasteiger partial charge on any atom is 0.0572 e. The average Bonchev–Trinajstić information content (AvgIpc) is 2.35. The summed E-state index contributed by atoms with van der Waals surface area (Å²) in [6, 6.07) is 4.21. The van der Waals surface area contributed by atoms with E-state index in [-0.39, 0.29) is 6.04 Å². The second kappa shape index (κ2) is 6.60. The number of aromatic nitrogens is 1. The summed E-state index contributed by atoms with van der Waals surface area (Å²) in [5.41, 5.74) is 8.09. The van der Waals surface area contributed by atoms with E-state index in [9.17, 15) is 0 Å². The van der Waals surface area contributed by atoms with Gasteiger partial charge >= 0.3 is 0 Å². The second-order valence-electron chi connectivity index (χ2n) is 5.06. The van der Waals surface area contributed by atoms with E-state index in [0.717, 1.165) is 30.3 Å². The minimum atomic E-state index is 0.0602. The fourth-order valence-electron chi connectivity index (χ4n) is 1.63. The molecular weight excluding hydrogens is 210 g/mol. The second-order valence-corrected chi connectivity index (χ2v) is 5.06. The summed E-state index contributed by atoms with van der Waals surface area (Å²) >= 11 is 0. The SMILES string of the molecule is CC[C@@H](N)c1ccc(N(C)CCC(C)C)cn1. The van der Waals surface area contributed by atoms with Crippen molar-refractivity contribution in [2.45, 2.75) is 39.7 Å². The number of pyridine rings is 1. The Bertz CT molecular complexity index is 319. The highest BCUT2D eigenvalue weighted by molar-refractivity contribution is 5.43. The first-order chi connectivity index (χ1) is 8.04. The van der Waals surface area contributed by atoms with Crippen molar-refractivity contribution in [2.75, 3.05) is 18.5 Å². The third-order valence-electron chi connectivity index (χ3n) is 3.07. The van der Waals surface area contributed by atoms with Crippen molar-refractivity contribution < 1.29 is 0 Å². The molecule has 3 nitrogen and oxygen atoms in total. The van der Waals surface area contributed by atoms with Gasteiger partial charge in [0.05, 0.1) is 17.6 Å². The zero-order chi connectivity index (χ0) is 12.8. The summed E-state index contributed by atoms with van der Waals surface area (Å²) in [5, 5.41) is 0. The van der Waals surface area contributed by atoms with Gasteiger partial charge in [-0.25, -0.2) is 0 Å². The summed E-state index contributed by atoms with van der Waals surface area (Å²) in [5.74, 6) is 0.734. The van der Waals surface area contributed by atoms with Gasteiger partial charge in [0.1, 0.15) is 0 Å². The largest absolute Gasteiger partial charge is 0.373 e. The number of rotatable bonds is 6. The zero-order valence-corrected chi connectivity index (χ0v) is 11.5. The van der Waals surface area contributed by atoms with Crippen molar-refractivity contribution in [3.8, 4) is 0 Å². The molecule has 0 aromatic carbocycles. The van der Waals surface area contributed by atoms with Gasteiger partial charge < -0.3 is 10.6 Å². The van der Waals surface area contributed by atoms with Crippen LogP contribution < -0.4 is 10.6 Å². The van der Waals surface area contributed by atoms with Crippen LogP contribution in [0.4, 0.5) is 5.69 Å². The molecule has 1 heterocycles. The summed E-state index contributed by atoms with van der Waals surface area (Å²) in [4.78, 5) is 6.68. The van der Waals surface area contributed by atoms with Crippen LogP contribution in [0, 0.1) is 5.92 Å². The van der Waals surface area contributed by atoms with Crippen LogP contribution in [0.5, 0.6) is 0 Å². The van der Waals surface area contributed by atoms with Crippen molar-refractivity contribution in [2.24, 2.45) is 11.7 Å². The maximum atomic E-state index is 5.94. The number of nitrogens with two attached hydrogens (primary N) is 1.